The van der Waals surface area contributed by atoms with Gasteiger partial charge in [-0.15, -0.1) is 0 Å². The van der Waals surface area contributed by atoms with Crippen molar-refractivity contribution in [2.75, 3.05) is 19.8 Å². The maximum absolute atomic E-state index is 11.9. The largest absolute Gasteiger partial charge is 0.466 e. The van der Waals surface area contributed by atoms with Crippen molar-refractivity contribution in [1.82, 2.24) is 0 Å². The van der Waals surface area contributed by atoms with Crippen LogP contribution in [0.3, 0.4) is 0 Å². The first-order valence-corrected chi connectivity index (χ1v) is 7.64. The molecular weight excluding hydrogens is 244 g/mol. The average molecular weight is 268 g/mol. The molecule has 0 aromatic rings. The minimum Gasteiger partial charge on any atom is -0.466 e. The molecule has 0 amide bonds. The van der Waals surface area contributed by atoms with Crippen LogP contribution >= 0.6 is 0 Å². The summed E-state index contributed by atoms with van der Waals surface area (Å²) in [4.78, 5) is 11.9. The minimum atomic E-state index is -0.338. The zero-order valence-corrected chi connectivity index (χ0v) is 11.8. The summed E-state index contributed by atoms with van der Waals surface area (Å²) in [5.74, 6) is -0.204. The highest BCUT2D eigenvalue weighted by molar-refractivity contribution is 5.76. The molecule has 19 heavy (non-hydrogen) atoms. The molecule has 0 radical (unpaired) electrons. The van der Waals surface area contributed by atoms with Gasteiger partial charge in [-0.05, 0) is 38.0 Å². The topological polar surface area (TPSA) is 44.8 Å². The number of ether oxygens (including phenoxy) is 3. The molecule has 1 heterocycles. The van der Waals surface area contributed by atoms with Crippen molar-refractivity contribution < 1.29 is 19.0 Å². The first-order valence-electron chi connectivity index (χ1n) is 7.64. The molecular formula is C15H24O4. The van der Waals surface area contributed by atoms with Gasteiger partial charge in [-0.1, -0.05) is 6.42 Å². The molecule has 4 nitrogen and oxygen atoms in total. The van der Waals surface area contributed by atoms with Gasteiger partial charge in [0.25, 0.3) is 0 Å². The van der Waals surface area contributed by atoms with Crippen LogP contribution < -0.4 is 0 Å². The smallest absolute Gasteiger partial charge is 0.309 e. The van der Waals surface area contributed by atoms with Crippen molar-refractivity contribution >= 4 is 5.97 Å². The van der Waals surface area contributed by atoms with E-state index < -0.39 is 0 Å². The van der Waals surface area contributed by atoms with Gasteiger partial charge < -0.3 is 14.2 Å². The highest BCUT2D eigenvalue weighted by atomic mass is 16.7. The van der Waals surface area contributed by atoms with E-state index in [1.165, 1.54) is 6.42 Å². The molecule has 0 N–H and O–H groups in total. The Kier molecular flexibility index (Phi) is 3.56. The highest BCUT2D eigenvalue weighted by Gasteiger charge is 2.59. The van der Waals surface area contributed by atoms with E-state index in [0.717, 1.165) is 38.5 Å². The van der Waals surface area contributed by atoms with Gasteiger partial charge >= 0.3 is 5.97 Å². The number of esters is 1. The van der Waals surface area contributed by atoms with Gasteiger partial charge in [0.2, 0.25) is 0 Å². The van der Waals surface area contributed by atoms with Crippen LogP contribution in [0.5, 0.6) is 0 Å². The van der Waals surface area contributed by atoms with Crippen molar-refractivity contribution in [2.45, 2.75) is 57.7 Å². The Hall–Kier alpha value is -0.610. The zero-order valence-electron chi connectivity index (χ0n) is 11.8. The molecule has 0 aromatic heterocycles. The third-order valence-electron chi connectivity index (χ3n) is 5.06. The lowest BCUT2D eigenvalue weighted by molar-refractivity contribution is -0.174. The van der Waals surface area contributed by atoms with E-state index in [1.807, 2.05) is 6.92 Å². The van der Waals surface area contributed by atoms with E-state index in [1.54, 1.807) is 0 Å². The van der Waals surface area contributed by atoms with Gasteiger partial charge in [-0.2, -0.15) is 0 Å². The predicted octanol–water partition coefficient (Wildman–Crippen LogP) is 2.65. The molecule has 2 unspecified atom stereocenters. The van der Waals surface area contributed by atoms with Crippen molar-refractivity contribution in [3.8, 4) is 0 Å². The Bertz CT molecular complexity index is 348. The van der Waals surface area contributed by atoms with Crippen LogP contribution in [0.2, 0.25) is 0 Å². The van der Waals surface area contributed by atoms with E-state index in [0.29, 0.717) is 19.8 Å². The number of hydrogen-bond acceptors (Lipinski definition) is 4. The van der Waals surface area contributed by atoms with Crippen molar-refractivity contribution in [2.24, 2.45) is 11.3 Å². The lowest BCUT2D eigenvalue weighted by atomic mass is 9.84. The van der Waals surface area contributed by atoms with Crippen LogP contribution in [0.4, 0.5) is 0 Å². The Morgan fingerprint density at radius 3 is 2.63 bits per heavy atom. The van der Waals surface area contributed by atoms with Gasteiger partial charge in [0.05, 0.1) is 25.7 Å². The quantitative estimate of drug-likeness (QED) is 0.722. The number of rotatable bonds is 2. The third kappa shape index (κ3) is 2.52. The molecule has 2 saturated carbocycles. The maximum Gasteiger partial charge on any atom is 0.309 e. The monoisotopic (exact) mass is 268 g/mol. The summed E-state index contributed by atoms with van der Waals surface area (Å²) in [5.41, 5.74) is 0.189. The van der Waals surface area contributed by atoms with E-state index >= 15 is 0 Å². The van der Waals surface area contributed by atoms with Gasteiger partial charge in [-0.3, -0.25) is 4.79 Å². The van der Waals surface area contributed by atoms with Crippen molar-refractivity contribution in [1.29, 1.82) is 0 Å². The van der Waals surface area contributed by atoms with Gasteiger partial charge in [0, 0.05) is 12.8 Å². The van der Waals surface area contributed by atoms with Crippen LogP contribution in [0.1, 0.15) is 51.9 Å². The fourth-order valence-electron chi connectivity index (χ4n) is 3.82. The lowest BCUT2D eigenvalue weighted by Gasteiger charge is -2.32. The second-order valence-electron chi connectivity index (χ2n) is 6.19. The summed E-state index contributed by atoms with van der Waals surface area (Å²) >= 11 is 0. The van der Waals surface area contributed by atoms with Crippen LogP contribution in [0.15, 0.2) is 0 Å². The van der Waals surface area contributed by atoms with Crippen LogP contribution in [-0.2, 0) is 19.0 Å². The van der Waals surface area contributed by atoms with Crippen LogP contribution in [0.25, 0.3) is 0 Å². The Labute approximate surface area is 114 Å². The Morgan fingerprint density at radius 2 is 1.89 bits per heavy atom. The van der Waals surface area contributed by atoms with E-state index in [4.69, 9.17) is 14.2 Å². The predicted molar refractivity (Wildman–Crippen MR) is 69.5 cm³/mol. The molecule has 2 spiro atoms. The summed E-state index contributed by atoms with van der Waals surface area (Å²) in [6, 6.07) is 0. The number of carbonyl (C=O) groups excluding carboxylic acids is 1. The average Bonchev–Trinajstić information content (AvgIpc) is 2.92. The lowest BCUT2D eigenvalue weighted by Crippen LogP contribution is -2.33. The highest BCUT2D eigenvalue weighted by Crippen LogP contribution is 2.61. The molecule has 2 atom stereocenters. The van der Waals surface area contributed by atoms with E-state index in [9.17, 15) is 4.79 Å². The van der Waals surface area contributed by atoms with E-state index in [-0.39, 0.29) is 23.1 Å². The first-order chi connectivity index (χ1) is 9.20. The summed E-state index contributed by atoms with van der Waals surface area (Å²) < 4.78 is 16.9. The maximum atomic E-state index is 11.9. The third-order valence-corrected chi connectivity index (χ3v) is 5.06. The summed E-state index contributed by atoms with van der Waals surface area (Å²) in [5, 5.41) is 0. The van der Waals surface area contributed by atoms with Crippen LogP contribution in [-0.4, -0.2) is 31.6 Å². The number of hydrogen-bond donors (Lipinski definition) is 0. The normalized spacial score (nSPS) is 37.0. The second-order valence-corrected chi connectivity index (χ2v) is 6.19. The number of carbonyl (C=O) groups is 1. The van der Waals surface area contributed by atoms with Crippen molar-refractivity contribution in [3.63, 3.8) is 0 Å². The second kappa shape index (κ2) is 5.06. The molecule has 1 saturated heterocycles. The molecule has 1 aliphatic heterocycles. The molecule has 3 aliphatic rings. The molecule has 0 aromatic carbocycles. The Morgan fingerprint density at radius 1 is 1.16 bits per heavy atom. The minimum absolute atomic E-state index is 0.00498. The fourth-order valence-corrected chi connectivity index (χ4v) is 3.82. The molecule has 3 rings (SSSR count). The summed E-state index contributed by atoms with van der Waals surface area (Å²) in [7, 11) is 0. The van der Waals surface area contributed by atoms with Gasteiger partial charge in [0.1, 0.15) is 0 Å². The van der Waals surface area contributed by atoms with Gasteiger partial charge in [0.15, 0.2) is 5.79 Å². The molecule has 0 bridgehead atoms. The zero-order chi connectivity index (χ0) is 13.3. The molecule has 2 aliphatic carbocycles. The first kappa shape index (κ1) is 13.4. The SMILES string of the molecule is CCOC(=O)C1CC12CCCCC1(CC2)OCCO1. The van der Waals surface area contributed by atoms with Gasteiger partial charge in [-0.25, -0.2) is 0 Å². The van der Waals surface area contributed by atoms with Crippen LogP contribution in [0, 0.1) is 11.3 Å². The fraction of sp³-hybridized carbons (Fsp3) is 0.933. The molecule has 4 heteroatoms. The summed E-state index contributed by atoms with van der Waals surface area (Å²) in [6.07, 6.45) is 7.45. The Balaban J connectivity index is 1.63. The van der Waals surface area contributed by atoms with E-state index in [2.05, 4.69) is 0 Å². The van der Waals surface area contributed by atoms with Crippen molar-refractivity contribution in [3.05, 3.63) is 0 Å². The standard InChI is InChI=1S/C15H24O4/c1-2-17-13(16)12-11-14(12)5-3-4-6-15(8-7-14)18-9-10-19-15/h12H,2-11H2,1H3. The molecule has 108 valence electrons. The molecule has 3 fully saturated rings. The summed E-state index contributed by atoms with van der Waals surface area (Å²) in [6.45, 7) is 3.80.